The molecule has 0 fully saturated rings. The molecule has 0 saturated carbocycles. The first-order valence-corrected chi connectivity index (χ1v) is 5.20. The average molecular weight is 207 g/mol. The lowest BCUT2D eigenvalue weighted by molar-refractivity contribution is -0.366. The standard InChI is InChI=1S/C12H15FN2/c1-7-3-4-10(13)11-9(5-6-14)8(2)15-12(7)11/h3-4,15H,5-6,14H2,1-2H3/p+1. The number of aryl methyl sites for hydroxylation is 2. The first-order valence-electron chi connectivity index (χ1n) is 5.20. The van der Waals surface area contributed by atoms with Gasteiger partial charge in [-0.1, -0.05) is 6.07 Å². The number of benzene rings is 1. The first-order chi connectivity index (χ1) is 7.15. The minimum Gasteiger partial charge on any atom is -0.358 e. The van der Waals surface area contributed by atoms with Crippen molar-refractivity contribution in [1.29, 1.82) is 0 Å². The molecule has 0 aliphatic heterocycles. The van der Waals surface area contributed by atoms with Crippen LogP contribution in [-0.2, 0) is 6.42 Å². The second-order valence-corrected chi connectivity index (χ2v) is 3.95. The van der Waals surface area contributed by atoms with Crippen LogP contribution in [0.1, 0.15) is 16.8 Å². The molecule has 0 spiro atoms. The second kappa shape index (κ2) is 3.66. The normalized spacial score (nSPS) is 11.2. The van der Waals surface area contributed by atoms with E-state index in [0.29, 0.717) is 0 Å². The van der Waals surface area contributed by atoms with Crippen molar-refractivity contribution in [3.8, 4) is 0 Å². The minimum absolute atomic E-state index is 0.136. The number of H-pyrrole nitrogens is 1. The highest BCUT2D eigenvalue weighted by Gasteiger charge is 2.13. The molecule has 4 N–H and O–H groups in total. The maximum Gasteiger partial charge on any atom is 0.132 e. The van der Waals surface area contributed by atoms with E-state index >= 15 is 0 Å². The predicted molar refractivity (Wildman–Crippen MR) is 59.2 cm³/mol. The number of rotatable bonds is 2. The number of nitrogens with one attached hydrogen (secondary N) is 1. The molecule has 80 valence electrons. The smallest absolute Gasteiger partial charge is 0.132 e. The average Bonchev–Trinajstić information content (AvgIpc) is 2.53. The molecule has 2 rings (SSSR count). The molecule has 1 aromatic heterocycles. The first kappa shape index (κ1) is 10.2. The largest absolute Gasteiger partial charge is 0.358 e. The van der Waals surface area contributed by atoms with Gasteiger partial charge in [0.2, 0.25) is 0 Å². The summed E-state index contributed by atoms with van der Waals surface area (Å²) in [6.07, 6.45) is 0.826. The fourth-order valence-corrected chi connectivity index (χ4v) is 2.08. The summed E-state index contributed by atoms with van der Waals surface area (Å²) < 4.78 is 13.7. The third kappa shape index (κ3) is 1.53. The zero-order chi connectivity index (χ0) is 11.0. The molecule has 0 unspecified atom stereocenters. The molecule has 2 nitrogen and oxygen atoms in total. The molecule has 2 aromatic rings. The van der Waals surface area contributed by atoms with Crippen molar-refractivity contribution in [3.05, 3.63) is 34.8 Å². The van der Waals surface area contributed by atoms with Crippen LogP contribution in [0.2, 0.25) is 0 Å². The lowest BCUT2D eigenvalue weighted by Gasteiger charge is -2.00. The fourth-order valence-electron chi connectivity index (χ4n) is 2.08. The Kier molecular flexibility index (Phi) is 2.49. The van der Waals surface area contributed by atoms with Crippen molar-refractivity contribution >= 4 is 10.9 Å². The summed E-state index contributed by atoms with van der Waals surface area (Å²) in [5.41, 5.74) is 7.97. The van der Waals surface area contributed by atoms with Crippen LogP contribution in [0.4, 0.5) is 4.39 Å². The third-order valence-electron chi connectivity index (χ3n) is 2.86. The number of quaternary nitrogens is 1. The van der Waals surface area contributed by atoms with Crippen molar-refractivity contribution in [2.45, 2.75) is 20.3 Å². The van der Waals surface area contributed by atoms with Crippen LogP contribution >= 0.6 is 0 Å². The van der Waals surface area contributed by atoms with Crippen molar-refractivity contribution in [2.24, 2.45) is 0 Å². The summed E-state index contributed by atoms with van der Waals surface area (Å²) in [6, 6.07) is 3.35. The highest BCUT2D eigenvalue weighted by atomic mass is 19.1. The summed E-state index contributed by atoms with van der Waals surface area (Å²) in [7, 11) is 0. The van der Waals surface area contributed by atoms with Gasteiger partial charge in [-0.15, -0.1) is 0 Å². The van der Waals surface area contributed by atoms with Crippen LogP contribution in [0.15, 0.2) is 12.1 Å². The predicted octanol–water partition coefficient (Wildman–Crippen LogP) is 1.71. The molecule has 0 aliphatic rings. The Bertz CT molecular complexity index is 500. The summed E-state index contributed by atoms with van der Waals surface area (Å²) >= 11 is 0. The molecule has 3 heteroatoms. The SMILES string of the molecule is Cc1[nH]c2c(C)ccc(F)c2c1CC[NH3+]. The molecule has 0 radical (unpaired) electrons. The Labute approximate surface area is 88.3 Å². The number of halogens is 1. The maximum atomic E-state index is 13.7. The van der Waals surface area contributed by atoms with E-state index in [1.54, 1.807) is 0 Å². The van der Waals surface area contributed by atoms with Gasteiger partial charge >= 0.3 is 0 Å². The van der Waals surface area contributed by atoms with Crippen molar-refractivity contribution in [3.63, 3.8) is 0 Å². The summed E-state index contributed by atoms with van der Waals surface area (Å²) in [5.74, 6) is -0.136. The Balaban J connectivity index is 2.79. The highest BCUT2D eigenvalue weighted by molar-refractivity contribution is 5.87. The van der Waals surface area contributed by atoms with E-state index in [4.69, 9.17) is 0 Å². The van der Waals surface area contributed by atoms with E-state index in [1.165, 1.54) is 6.07 Å². The van der Waals surface area contributed by atoms with Gasteiger partial charge in [0, 0.05) is 17.5 Å². The molecule has 0 atom stereocenters. The number of hydrogen-bond acceptors (Lipinski definition) is 0. The van der Waals surface area contributed by atoms with Gasteiger partial charge in [0.05, 0.1) is 12.1 Å². The second-order valence-electron chi connectivity index (χ2n) is 3.95. The van der Waals surface area contributed by atoms with E-state index in [1.807, 2.05) is 19.9 Å². The van der Waals surface area contributed by atoms with Crippen LogP contribution < -0.4 is 5.73 Å². The van der Waals surface area contributed by atoms with E-state index in [0.717, 1.165) is 40.7 Å². The van der Waals surface area contributed by atoms with Gasteiger partial charge in [0.15, 0.2) is 0 Å². The highest BCUT2D eigenvalue weighted by Crippen LogP contribution is 2.27. The molecular weight excluding hydrogens is 191 g/mol. The zero-order valence-corrected chi connectivity index (χ0v) is 9.15. The monoisotopic (exact) mass is 207 g/mol. The molecule has 0 aliphatic carbocycles. The van der Waals surface area contributed by atoms with Gasteiger partial charge in [0.1, 0.15) is 5.82 Å². The molecule has 0 amide bonds. The van der Waals surface area contributed by atoms with Gasteiger partial charge in [0.25, 0.3) is 0 Å². The Morgan fingerprint density at radius 1 is 1.33 bits per heavy atom. The Morgan fingerprint density at radius 2 is 2.07 bits per heavy atom. The van der Waals surface area contributed by atoms with Gasteiger partial charge < -0.3 is 10.7 Å². The van der Waals surface area contributed by atoms with E-state index in [9.17, 15) is 4.39 Å². The van der Waals surface area contributed by atoms with Crippen LogP contribution in [0.3, 0.4) is 0 Å². The number of aromatic nitrogens is 1. The lowest BCUT2D eigenvalue weighted by atomic mass is 10.1. The Morgan fingerprint density at radius 3 is 2.73 bits per heavy atom. The van der Waals surface area contributed by atoms with E-state index < -0.39 is 0 Å². The number of hydrogen-bond donors (Lipinski definition) is 2. The van der Waals surface area contributed by atoms with Crippen LogP contribution in [0.25, 0.3) is 10.9 Å². The molecule has 0 bridgehead atoms. The van der Waals surface area contributed by atoms with Gasteiger partial charge in [-0.25, -0.2) is 4.39 Å². The summed E-state index contributed by atoms with van der Waals surface area (Å²) in [5, 5.41) is 0.746. The molecule has 0 saturated heterocycles. The minimum atomic E-state index is -0.136. The zero-order valence-electron chi connectivity index (χ0n) is 9.15. The van der Waals surface area contributed by atoms with Crippen LogP contribution in [-0.4, -0.2) is 11.5 Å². The van der Waals surface area contributed by atoms with Crippen molar-refractivity contribution in [1.82, 2.24) is 4.98 Å². The van der Waals surface area contributed by atoms with Gasteiger partial charge in [-0.05, 0) is 31.0 Å². The van der Waals surface area contributed by atoms with Crippen molar-refractivity contribution in [2.75, 3.05) is 6.54 Å². The van der Waals surface area contributed by atoms with Crippen LogP contribution in [0.5, 0.6) is 0 Å². The molecule has 15 heavy (non-hydrogen) atoms. The molecule has 1 aromatic carbocycles. The maximum absolute atomic E-state index is 13.7. The quantitative estimate of drug-likeness (QED) is 0.753. The summed E-state index contributed by atoms with van der Waals surface area (Å²) in [6.45, 7) is 4.77. The lowest BCUT2D eigenvalue weighted by Crippen LogP contribution is -2.51. The third-order valence-corrected chi connectivity index (χ3v) is 2.86. The van der Waals surface area contributed by atoms with E-state index in [-0.39, 0.29) is 5.82 Å². The topological polar surface area (TPSA) is 43.4 Å². The van der Waals surface area contributed by atoms with E-state index in [2.05, 4.69) is 10.7 Å². The number of aromatic amines is 1. The molecule has 1 heterocycles. The summed E-state index contributed by atoms with van der Waals surface area (Å²) in [4.78, 5) is 3.25. The molecular formula is C12H16FN2+. The van der Waals surface area contributed by atoms with Gasteiger partial charge in [-0.3, -0.25) is 0 Å². The van der Waals surface area contributed by atoms with Crippen LogP contribution in [0, 0.1) is 19.7 Å². The van der Waals surface area contributed by atoms with Crippen molar-refractivity contribution < 1.29 is 10.1 Å². The Hall–Kier alpha value is -1.35. The fraction of sp³-hybridized carbons (Fsp3) is 0.333. The van der Waals surface area contributed by atoms with Gasteiger partial charge in [-0.2, -0.15) is 0 Å². The number of fused-ring (bicyclic) bond motifs is 1.